The van der Waals surface area contributed by atoms with E-state index in [0.29, 0.717) is 0 Å². The Labute approximate surface area is 89.4 Å². The van der Waals surface area contributed by atoms with Crippen molar-refractivity contribution in [2.45, 2.75) is 48.5 Å². The van der Waals surface area contributed by atoms with Gasteiger partial charge in [0.05, 0.1) is 0 Å². The average molecular weight is 192 g/mol. The zero-order valence-electron chi connectivity index (χ0n) is 10.8. The molecule has 0 rings (SSSR count). The molecule has 0 unspecified atom stereocenters. The Morgan fingerprint density at radius 2 is 1.50 bits per heavy atom. The molecule has 0 amide bonds. The third-order valence-electron chi connectivity index (χ3n) is 3.56. The van der Waals surface area contributed by atoms with Crippen LogP contribution in [0.3, 0.4) is 0 Å². The van der Waals surface area contributed by atoms with E-state index in [9.17, 15) is 0 Å². The number of hydrogen-bond donors (Lipinski definition) is 0. The van der Waals surface area contributed by atoms with Crippen LogP contribution in [0.15, 0.2) is 34.9 Å². The van der Waals surface area contributed by atoms with Crippen molar-refractivity contribution in [1.82, 2.24) is 0 Å². The summed E-state index contributed by atoms with van der Waals surface area (Å²) in [5.74, 6) is 0. The molecule has 0 spiro atoms. The molecule has 0 heterocycles. The summed E-state index contributed by atoms with van der Waals surface area (Å²) in [5, 5.41) is 0. The lowest BCUT2D eigenvalue weighted by Gasteiger charge is -2.29. The average Bonchev–Trinajstić information content (AvgIpc) is 2.13. The van der Waals surface area contributed by atoms with Gasteiger partial charge in [-0.15, -0.1) is 0 Å². The van der Waals surface area contributed by atoms with Crippen molar-refractivity contribution in [1.29, 1.82) is 0 Å². The fourth-order valence-corrected chi connectivity index (χ4v) is 1.45. The predicted octanol–water partition coefficient (Wildman–Crippen LogP) is 4.89. The molecule has 0 radical (unpaired) electrons. The van der Waals surface area contributed by atoms with Crippen LogP contribution in [0, 0.1) is 5.41 Å². The molecule has 80 valence electrons. The quantitative estimate of drug-likeness (QED) is 0.441. The zero-order valence-corrected chi connectivity index (χ0v) is 10.8. The Balaban J connectivity index is 5.31. The first-order valence-electron chi connectivity index (χ1n) is 5.22. The maximum absolute atomic E-state index is 4.00. The lowest BCUT2D eigenvalue weighted by Crippen LogP contribution is -2.16. The van der Waals surface area contributed by atoms with Crippen LogP contribution in [0.1, 0.15) is 48.5 Å². The lowest BCUT2D eigenvalue weighted by molar-refractivity contribution is 0.532. The summed E-state index contributed by atoms with van der Waals surface area (Å²) in [5.41, 5.74) is 5.48. The van der Waals surface area contributed by atoms with Crippen molar-refractivity contribution in [2.24, 2.45) is 5.41 Å². The van der Waals surface area contributed by atoms with Crippen LogP contribution >= 0.6 is 0 Å². The molecule has 0 nitrogen and oxygen atoms in total. The van der Waals surface area contributed by atoms with Gasteiger partial charge in [-0.2, -0.15) is 0 Å². The van der Waals surface area contributed by atoms with Crippen molar-refractivity contribution in [3.8, 4) is 0 Å². The first-order chi connectivity index (χ1) is 6.25. The highest BCUT2D eigenvalue weighted by Gasteiger charge is 2.23. The molecule has 0 N–H and O–H groups in total. The third kappa shape index (κ3) is 2.60. The molecule has 0 saturated heterocycles. The van der Waals surface area contributed by atoms with Gasteiger partial charge < -0.3 is 0 Å². The van der Waals surface area contributed by atoms with Crippen molar-refractivity contribution in [3.63, 3.8) is 0 Å². The highest BCUT2D eigenvalue weighted by Crippen LogP contribution is 2.36. The summed E-state index contributed by atoms with van der Waals surface area (Å²) >= 11 is 0. The number of hydrogen-bond acceptors (Lipinski definition) is 0. The summed E-state index contributed by atoms with van der Waals surface area (Å²) in [6.45, 7) is 19.3. The van der Waals surface area contributed by atoms with E-state index < -0.39 is 0 Å². The standard InChI is InChI=1S/C14H24/c1-9-11(4)14(7,8)13(6)12(5)10(2)3/h9H,2H2,1,3-8H3/b11-9+,13-12+. The molecule has 0 aliphatic heterocycles. The molecule has 0 aromatic carbocycles. The summed E-state index contributed by atoms with van der Waals surface area (Å²) in [6.07, 6.45) is 2.19. The van der Waals surface area contributed by atoms with E-state index in [1.165, 1.54) is 22.3 Å². The zero-order chi connectivity index (χ0) is 11.5. The van der Waals surface area contributed by atoms with Gasteiger partial charge in [-0.05, 0) is 40.2 Å². The summed E-state index contributed by atoms with van der Waals surface area (Å²) in [6, 6.07) is 0. The second kappa shape index (κ2) is 4.63. The van der Waals surface area contributed by atoms with Crippen molar-refractivity contribution >= 4 is 0 Å². The molecule has 14 heavy (non-hydrogen) atoms. The van der Waals surface area contributed by atoms with E-state index in [0.717, 1.165) is 0 Å². The minimum atomic E-state index is 0.151. The molecule has 0 aliphatic carbocycles. The van der Waals surface area contributed by atoms with Gasteiger partial charge in [0.15, 0.2) is 0 Å². The Hall–Kier alpha value is -0.780. The van der Waals surface area contributed by atoms with Gasteiger partial charge in [0, 0.05) is 5.41 Å². The van der Waals surface area contributed by atoms with E-state index in [-0.39, 0.29) is 5.41 Å². The fraction of sp³-hybridized carbons (Fsp3) is 0.571. The van der Waals surface area contributed by atoms with Crippen molar-refractivity contribution < 1.29 is 0 Å². The van der Waals surface area contributed by atoms with Crippen LogP contribution < -0.4 is 0 Å². The Kier molecular flexibility index (Phi) is 4.38. The van der Waals surface area contributed by atoms with Crippen LogP contribution in [0.2, 0.25) is 0 Å². The first-order valence-corrected chi connectivity index (χ1v) is 5.22. The van der Waals surface area contributed by atoms with Gasteiger partial charge in [0.25, 0.3) is 0 Å². The topological polar surface area (TPSA) is 0 Å². The molecule has 0 atom stereocenters. The van der Waals surface area contributed by atoms with Gasteiger partial charge in [-0.3, -0.25) is 0 Å². The van der Waals surface area contributed by atoms with Crippen molar-refractivity contribution in [2.75, 3.05) is 0 Å². The second-order valence-electron chi connectivity index (χ2n) is 4.63. The van der Waals surface area contributed by atoms with Crippen molar-refractivity contribution in [3.05, 3.63) is 34.9 Å². The number of allylic oxidation sites excluding steroid dienone is 5. The molecular formula is C14H24. The lowest BCUT2D eigenvalue weighted by atomic mass is 9.76. The maximum atomic E-state index is 4.00. The summed E-state index contributed by atoms with van der Waals surface area (Å²) < 4.78 is 0. The monoisotopic (exact) mass is 192 g/mol. The highest BCUT2D eigenvalue weighted by molar-refractivity contribution is 5.36. The molecule has 0 saturated carbocycles. The van der Waals surface area contributed by atoms with Gasteiger partial charge in [0.2, 0.25) is 0 Å². The summed E-state index contributed by atoms with van der Waals surface area (Å²) in [4.78, 5) is 0. The van der Waals surface area contributed by atoms with Gasteiger partial charge >= 0.3 is 0 Å². The Bertz CT molecular complexity index is 285. The molecular weight excluding hydrogens is 168 g/mol. The molecule has 0 aromatic rings. The minimum Gasteiger partial charge on any atom is -0.0958 e. The Morgan fingerprint density at radius 1 is 1.07 bits per heavy atom. The second-order valence-corrected chi connectivity index (χ2v) is 4.63. The van der Waals surface area contributed by atoms with Crippen LogP contribution in [-0.4, -0.2) is 0 Å². The van der Waals surface area contributed by atoms with E-state index in [2.05, 4.69) is 61.1 Å². The van der Waals surface area contributed by atoms with E-state index in [4.69, 9.17) is 0 Å². The predicted molar refractivity (Wildman–Crippen MR) is 66.4 cm³/mol. The molecule has 0 heteroatoms. The van der Waals surface area contributed by atoms with Crippen LogP contribution in [0.4, 0.5) is 0 Å². The van der Waals surface area contributed by atoms with Crippen LogP contribution in [0.25, 0.3) is 0 Å². The fourth-order valence-electron chi connectivity index (χ4n) is 1.45. The SMILES string of the molecule is C=C(C)/C(C)=C(\C)C(C)(C)/C(C)=C/C. The largest absolute Gasteiger partial charge is 0.0958 e. The molecule has 0 aromatic heterocycles. The van der Waals surface area contributed by atoms with Gasteiger partial charge in [0.1, 0.15) is 0 Å². The van der Waals surface area contributed by atoms with E-state index >= 15 is 0 Å². The van der Waals surface area contributed by atoms with Gasteiger partial charge in [-0.1, -0.05) is 43.2 Å². The molecule has 0 bridgehead atoms. The Morgan fingerprint density at radius 3 is 1.79 bits per heavy atom. The molecule has 0 fully saturated rings. The van der Waals surface area contributed by atoms with E-state index in [1.54, 1.807) is 0 Å². The highest BCUT2D eigenvalue weighted by atomic mass is 14.3. The minimum absolute atomic E-state index is 0.151. The maximum Gasteiger partial charge on any atom is 0.00641 e. The van der Waals surface area contributed by atoms with Crippen LogP contribution in [0.5, 0.6) is 0 Å². The number of rotatable bonds is 3. The van der Waals surface area contributed by atoms with E-state index in [1.807, 2.05) is 0 Å². The van der Waals surface area contributed by atoms with Crippen LogP contribution in [-0.2, 0) is 0 Å². The normalized spacial score (nSPS) is 15.2. The summed E-state index contributed by atoms with van der Waals surface area (Å²) in [7, 11) is 0. The third-order valence-corrected chi connectivity index (χ3v) is 3.56. The smallest absolute Gasteiger partial charge is 0.00641 e. The first kappa shape index (κ1) is 13.2. The van der Waals surface area contributed by atoms with Gasteiger partial charge in [-0.25, -0.2) is 0 Å². The molecule has 0 aliphatic rings.